The summed E-state index contributed by atoms with van der Waals surface area (Å²) < 4.78 is 24.7. The number of ether oxygens (including phenoxy) is 1. The van der Waals surface area contributed by atoms with Gasteiger partial charge in [0, 0.05) is 11.3 Å². The maximum atomic E-state index is 13.2. The molecule has 0 saturated heterocycles. The summed E-state index contributed by atoms with van der Waals surface area (Å²) in [5, 5.41) is 10.9. The van der Waals surface area contributed by atoms with Crippen molar-refractivity contribution >= 4 is 11.6 Å². The number of benzene rings is 3. The second-order valence-corrected chi connectivity index (χ2v) is 6.57. The molecule has 0 radical (unpaired) electrons. The Hall–Kier alpha value is -4.00. The van der Waals surface area contributed by atoms with E-state index in [0.29, 0.717) is 34.3 Å². The van der Waals surface area contributed by atoms with E-state index in [1.165, 1.54) is 18.2 Å². The Labute approximate surface area is 172 Å². The van der Waals surface area contributed by atoms with Crippen molar-refractivity contribution in [2.45, 2.75) is 6.92 Å². The molecule has 0 unspecified atom stereocenters. The highest BCUT2D eigenvalue weighted by Crippen LogP contribution is 2.31. The van der Waals surface area contributed by atoms with E-state index in [0.717, 1.165) is 5.56 Å². The highest BCUT2D eigenvalue weighted by atomic mass is 19.1. The fourth-order valence-electron chi connectivity index (χ4n) is 2.90. The molecule has 150 valence electrons. The van der Waals surface area contributed by atoms with E-state index in [-0.39, 0.29) is 18.3 Å². The number of anilines is 1. The van der Waals surface area contributed by atoms with Gasteiger partial charge in [0.25, 0.3) is 11.8 Å². The van der Waals surface area contributed by atoms with Crippen LogP contribution in [0.25, 0.3) is 22.9 Å². The Balaban J connectivity index is 1.47. The van der Waals surface area contributed by atoms with Crippen LogP contribution in [0.15, 0.2) is 77.2 Å². The van der Waals surface area contributed by atoms with Crippen molar-refractivity contribution in [2.75, 3.05) is 11.9 Å². The predicted molar refractivity (Wildman–Crippen MR) is 110 cm³/mol. The van der Waals surface area contributed by atoms with Gasteiger partial charge in [0.1, 0.15) is 11.6 Å². The number of para-hydroxylation sites is 1. The van der Waals surface area contributed by atoms with Gasteiger partial charge in [-0.3, -0.25) is 4.79 Å². The van der Waals surface area contributed by atoms with E-state index in [9.17, 15) is 9.18 Å². The second-order valence-electron chi connectivity index (χ2n) is 6.57. The maximum Gasteiger partial charge on any atom is 0.262 e. The molecule has 7 heteroatoms. The first-order valence-corrected chi connectivity index (χ1v) is 9.27. The van der Waals surface area contributed by atoms with Gasteiger partial charge in [-0.2, -0.15) is 0 Å². The molecule has 6 nitrogen and oxygen atoms in total. The fraction of sp³-hybridized carbons (Fsp3) is 0.0870. The van der Waals surface area contributed by atoms with E-state index in [1.54, 1.807) is 25.1 Å². The predicted octanol–water partition coefficient (Wildman–Crippen LogP) is 4.87. The first-order valence-electron chi connectivity index (χ1n) is 9.27. The van der Waals surface area contributed by atoms with Gasteiger partial charge in [0.2, 0.25) is 5.89 Å². The molecule has 1 heterocycles. The molecular weight excluding hydrogens is 385 g/mol. The van der Waals surface area contributed by atoms with Gasteiger partial charge in [-0.1, -0.05) is 30.3 Å². The Morgan fingerprint density at radius 3 is 2.53 bits per heavy atom. The van der Waals surface area contributed by atoms with E-state index >= 15 is 0 Å². The molecule has 0 fully saturated rings. The minimum absolute atomic E-state index is 0.229. The molecule has 0 aliphatic carbocycles. The number of carbonyl (C=O) groups excluding carboxylic acids is 1. The average molecular weight is 403 g/mol. The van der Waals surface area contributed by atoms with Crippen molar-refractivity contribution in [1.29, 1.82) is 0 Å². The van der Waals surface area contributed by atoms with Crippen molar-refractivity contribution in [1.82, 2.24) is 10.2 Å². The van der Waals surface area contributed by atoms with Crippen LogP contribution in [0.2, 0.25) is 0 Å². The number of rotatable bonds is 6. The number of halogens is 1. The monoisotopic (exact) mass is 403 g/mol. The van der Waals surface area contributed by atoms with Gasteiger partial charge in [-0.25, -0.2) is 4.39 Å². The molecule has 4 aromatic rings. The minimum atomic E-state index is -0.366. The maximum absolute atomic E-state index is 13.2. The third-order valence-corrected chi connectivity index (χ3v) is 4.38. The molecule has 1 N–H and O–H groups in total. The lowest BCUT2D eigenvalue weighted by Gasteiger charge is -2.11. The van der Waals surface area contributed by atoms with Gasteiger partial charge in [-0.15, -0.1) is 10.2 Å². The number of nitrogens with one attached hydrogen (secondary N) is 1. The molecule has 1 amide bonds. The zero-order valence-electron chi connectivity index (χ0n) is 16.1. The number of hydrogen-bond acceptors (Lipinski definition) is 5. The van der Waals surface area contributed by atoms with Crippen LogP contribution < -0.4 is 10.1 Å². The van der Waals surface area contributed by atoms with Gasteiger partial charge >= 0.3 is 0 Å². The summed E-state index contributed by atoms with van der Waals surface area (Å²) in [7, 11) is 0. The van der Waals surface area contributed by atoms with Crippen LogP contribution in [-0.4, -0.2) is 22.7 Å². The van der Waals surface area contributed by atoms with Crippen LogP contribution in [0.4, 0.5) is 10.1 Å². The van der Waals surface area contributed by atoms with Crippen LogP contribution in [-0.2, 0) is 4.79 Å². The van der Waals surface area contributed by atoms with Gasteiger partial charge < -0.3 is 14.5 Å². The summed E-state index contributed by atoms with van der Waals surface area (Å²) in [6, 6.07) is 20.7. The van der Waals surface area contributed by atoms with Crippen molar-refractivity contribution in [3.63, 3.8) is 0 Å². The summed E-state index contributed by atoms with van der Waals surface area (Å²) >= 11 is 0. The van der Waals surface area contributed by atoms with Gasteiger partial charge in [0.15, 0.2) is 6.61 Å². The second kappa shape index (κ2) is 8.57. The third-order valence-electron chi connectivity index (χ3n) is 4.38. The van der Waals surface area contributed by atoms with Crippen molar-refractivity contribution in [2.24, 2.45) is 0 Å². The SMILES string of the molecule is Cc1cc(F)ccc1NC(=O)COc1ccccc1-c1nnc(-c2ccccc2)o1. The highest BCUT2D eigenvalue weighted by molar-refractivity contribution is 5.92. The zero-order valence-corrected chi connectivity index (χ0v) is 16.1. The Morgan fingerprint density at radius 2 is 1.73 bits per heavy atom. The van der Waals surface area contributed by atoms with Crippen molar-refractivity contribution < 1.29 is 18.3 Å². The molecule has 0 saturated carbocycles. The lowest BCUT2D eigenvalue weighted by atomic mass is 10.2. The van der Waals surface area contributed by atoms with E-state index in [4.69, 9.17) is 9.15 Å². The first-order chi connectivity index (χ1) is 14.6. The zero-order chi connectivity index (χ0) is 20.9. The van der Waals surface area contributed by atoms with E-state index in [1.807, 2.05) is 36.4 Å². The molecular formula is C23H18FN3O3. The van der Waals surface area contributed by atoms with Crippen LogP contribution in [0.1, 0.15) is 5.56 Å². The molecule has 4 rings (SSSR count). The molecule has 0 atom stereocenters. The summed E-state index contributed by atoms with van der Waals surface area (Å²) in [6.07, 6.45) is 0. The van der Waals surface area contributed by atoms with Crippen molar-refractivity contribution in [3.8, 4) is 28.7 Å². The smallest absolute Gasteiger partial charge is 0.262 e. The summed E-state index contributed by atoms with van der Waals surface area (Å²) in [4.78, 5) is 12.3. The third kappa shape index (κ3) is 4.35. The Morgan fingerprint density at radius 1 is 1.00 bits per heavy atom. The molecule has 0 spiro atoms. The number of nitrogens with zero attached hydrogens (tertiary/aromatic N) is 2. The van der Waals surface area contributed by atoms with E-state index in [2.05, 4.69) is 15.5 Å². The minimum Gasteiger partial charge on any atom is -0.483 e. The fourth-order valence-corrected chi connectivity index (χ4v) is 2.90. The Kier molecular flexibility index (Phi) is 5.52. The van der Waals surface area contributed by atoms with Crippen LogP contribution in [0.3, 0.4) is 0 Å². The standard InChI is InChI=1S/C23H18FN3O3/c1-15-13-17(24)11-12-19(15)25-21(28)14-29-20-10-6-5-9-18(20)23-27-26-22(30-23)16-7-3-2-4-8-16/h2-13H,14H2,1H3,(H,25,28). The summed E-state index contributed by atoms with van der Waals surface area (Å²) in [5.74, 6) is 0.399. The number of aromatic nitrogens is 2. The number of aryl methyl sites for hydroxylation is 1. The Bertz CT molecular complexity index is 1180. The number of amides is 1. The van der Waals surface area contributed by atoms with Gasteiger partial charge in [-0.05, 0) is 55.0 Å². The molecule has 0 aliphatic heterocycles. The molecule has 3 aromatic carbocycles. The quantitative estimate of drug-likeness (QED) is 0.497. The average Bonchev–Trinajstić information content (AvgIpc) is 3.25. The first kappa shape index (κ1) is 19.3. The molecule has 30 heavy (non-hydrogen) atoms. The number of hydrogen-bond donors (Lipinski definition) is 1. The summed E-state index contributed by atoms with van der Waals surface area (Å²) in [6.45, 7) is 1.49. The van der Waals surface area contributed by atoms with Crippen LogP contribution in [0, 0.1) is 12.7 Å². The molecule has 0 aliphatic rings. The van der Waals surface area contributed by atoms with Crippen LogP contribution >= 0.6 is 0 Å². The highest BCUT2D eigenvalue weighted by Gasteiger charge is 2.15. The lowest BCUT2D eigenvalue weighted by molar-refractivity contribution is -0.118. The van der Waals surface area contributed by atoms with Crippen LogP contribution in [0.5, 0.6) is 5.75 Å². The normalized spacial score (nSPS) is 10.6. The topological polar surface area (TPSA) is 77.2 Å². The molecule has 0 bridgehead atoms. The van der Waals surface area contributed by atoms with Crippen molar-refractivity contribution in [3.05, 3.63) is 84.2 Å². The largest absolute Gasteiger partial charge is 0.483 e. The molecule has 1 aromatic heterocycles. The number of carbonyl (C=O) groups is 1. The van der Waals surface area contributed by atoms with Gasteiger partial charge in [0.05, 0.1) is 5.56 Å². The van der Waals surface area contributed by atoms with E-state index < -0.39 is 0 Å². The summed E-state index contributed by atoms with van der Waals surface area (Å²) in [5.41, 5.74) is 2.55. The lowest BCUT2D eigenvalue weighted by Crippen LogP contribution is -2.20.